The van der Waals surface area contributed by atoms with Gasteiger partial charge in [0.2, 0.25) is 0 Å². The highest BCUT2D eigenvalue weighted by Gasteiger charge is 2.28. The van der Waals surface area contributed by atoms with Crippen LogP contribution in [-0.2, 0) is 0 Å². The van der Waals surface area contributed by atoms with Crippen molar-refractivity contribution in [1.82, 2.24) is 0 Å². The first-order chi connectivity index (χ1) is 6.89. The summed E-state index contributed by atoms with van der Waals surface area (Å²) in [6.45, 7) is 9.86. The number of nitrogens with one attached hydrogen (secondary N) is 1. The van der Waals surface area contributed by atoms with E-state index in [-0.39, 0.29) is 5.54 Å². The zero-order chi connectivity index (χ0) is 11.2. The average Bonchev–Trinajstić information content (AvgIpc) is 1.97. The Kier molecular flexibility index (Phi) is 2.18. The molecule has 1 aromatic carbocycles. The normalized spacial score (nSPS) is 18.3. The van der Waals surface area contributed by atoms with Crippen molar-refractivity contribution in [2.24, 2.45) is 0 Å². The summed E-state index contributed by atoms with van der Waals surface area (Å²) < 4.78 is 0. The molecule has 0 saturated heterocycles. The monoisotopic (exact) mass is 204 g/mol. The molecule has 0 unspecified atom stereocenters. The third kappa shape index (κ3) is 1.81. The van der Waals surface area contributed by atoms with Gasteiger partial charge in [-0.1, -0.05) is 6.07 Å². The molecule has 2 rings (SSSR count). The number of hydrogen-bond donors (Lipinski definition) is 1. The van der Waals surface area contributed by atoms with Crippen molar-refractivity contribution in [2.45, 2.75) is 33.2 Å². The van der Waals surface area contributed by atoms with Crippen molar-refractivity contribution in [3.8, 4) is 0 Å². The van der Waals surface area contributed by atoms with Gasteiger partial charge in [-0.3, -0.25) is 0 Å². The third-order valence-electron chi connectivity index (χ3n) is 2.93. The largest absolute Gasteiger partial charge is 0.377 e. The van der Waals surface area contributed by atoms with Crippen LogP contribution in [0.3, 0.4) is 0 Å². The van der Waals surface area contributed by atoms with E-state index in [0.29, 0.717) is 0 Å². The lowest BCUT2D eigenvalue weighted by Crippen LogP contribution is -2.47. The molecule has 1 heterocycles. The lowest BCUT2D eigenvalue weighted by Gasteiger charge is -2.41. The van der Waals surface area contributed by atoms with Crippen LogP contribution < -0.4 is 10.2 Å². The predicted molar refractivity (Wildman–Crippen MR) is 66.9 cm³/mol. The molecule has 0 amide bonds. The summed E-state index contributed by atoms with van der Waals surface area (Å²) >= 11 is 0. The van der Waals surface area contributed by atoms with Crippen molar-refractivity contribution in [2.75, 3.05) is 23.8 Å². The number of anilines is 2. The number of nitrogens with zero attached hydrogens (tertiary/aromatic N) is 1. The smallest absolute Gasteiger partial charge is 0.0630 e. The Bertz CT molecular complexity index is 394. The lowest BCUT2D eigenvalue weighted by molar-refractivity contribution is 0.549. The van der Waals surface area contributed by atoms with Crippen molar-refractivity contribution in [3.05, 3.63) is 23.3 Å². The van der Waals surface area contributed by atoms with Crippen LogP contribution in [0.2, 0.25) is 0 Å². The van der Waals surface area contributed by atoms with Crippen molar-refractivity contribution in [1.29, 1.82) is 0 Å². The minimum atomic E-state index is 0.155. The van der Waals surface area contributed by atoms with Gasteiger partial charge < -0.3 is 10.2 Å². The van der Waals surface area contributed by atoms with Crippen molar-refractivity contribution >= 4 is 11.4 Å². The molecule has 2 heteroatoms. The maximum atomic E-state index is 3.61. The van der Waals surface area contributed by atoms with E-state index in [1.807, 2.05) is 0 Å². The summed E-state index contributed by atoms with van der Waals surface area (Å²) in [5, 5.41) is 3.61. The summed E-state index contributed by atoms with van der Waals surface area (Å²) in [6.07, 6.45) is 0. The van der Waals surface area contributed by atoms with E-state index < -0.39 is 0 Å². The fourth-order valence-electron chi connectivity index (χ4n) is 2.64. The van der Waals surface area contributed by atoms with Crippen LogP contribution >= 0.6 is 0 Å². The molecule has 1 aliphatic rings. The van der Waals surface area contributed by atoms with Gasteiger partial charge in [0.15, 0.2) is 0 Å². The molecular formula is C13H20N2. The van der Waals surface area contributed by atoms with Gasteiger partial charge >= 0.3 is 0 Å². The van der Waals surface area contributed by atoms with E-state index in [2.05, 4.69) is 57.1 Å². The molecule has 0 spiro atoms. The molecule has 1 aliphatic heterocycles. The highest BCUT2D eigenvalue weighted by Crippen LogP contribution is 2.36. The lowest BCUT2D eigenvalue weighted by atomic mass is 9.97. The van der Waals surface area contributed by atoms with Crippen LogP contribution in [0.15, 0.2) is 12.1 Å². The Balaban J connectivity index is 2.55. The van der Waals surface area contributed by atoms with Crippen molar-refractivity contribution < 1.29 is 0 Å². The van der Waals surface area contributed by atoms with Gasteiger partial charge in [0.1, 0.15) is 0 Å². The summed E-state index contributed by atoms with van der Waals surface area (Å²) in [7, 11) is 2.17. The molecule has 0 aliphatic carbocycles. The van der Waals surface area contributed by atoms with Crippen LogP contribution in [0, 0.1) is 13.8 Å². The maximum absolute atomic E-state index is 3.61. The van der Waals surface area contributed by atoms with E-state index >= 15 is 0 Å². The molecule has 0 saturated carbocycles. The van der Waals surface area contributed by atoms with Gasteiger partial charge in [-0.15, -0.1) is 0 Å². The van der Waals surface area contributed by atoms with Gasteiger partial charge in [-0.2, -0.15) is 0 Å². The van der Waals surface area contributed by atoms with Gasteiger partial charge in [-0.25, -0.2) is 0 Å². The third-order valence-corrected chi connectivity index (χ3v) is 2.93. The number of rotatable bonds is 0. The topological polar surface area (TPSA) is 15.3 Å². The van der Waals surface area contributed by atoms with Gasteiger partial charge in [0.05, 0.1) is 11.4 Å². The van der Waals surface area contributed by atoms with E-state index in [1.165, 1.54) is 22.5 Å². The van der Waals surface area contributed by atoms with E-state index in [9.17, 15) is 0 Å². The second-order valence-corrected chi connectivity index (χ2v) is 5.34. The summed E-state index contributed by atoms with van der Waals surface area (Å²) in [6, 6.07) is 4.48. The van der Waals surface area contributed by atoms with E-state index in [0.717, 1.165) is 6.54 Å². The molecule has 0 radical (unpaired) electrons. The highest BCUT2D eigenvalue weighted by molar-refractivity contribution is 5.77. The first-order valence-electron chi connectivity index (χ1n) is 5.50. The van der Waals surface area contributed by atoms with Crippen LogP contribution in [-0.4, -0.2) is 19.1 Å². The minimum absolute atomic E-state index is 0.155. The second-order valence-electron chi connectivity index (χ2n) is 5.34. The summed E-state index contributed by atoms with van der Waals surface area (Å²) in [5.41, 5.74) is 5.45. The number of likely N-dealkylation sites (N-methyl/N-ethyl adjacent to an activating group) is 1. The molecule has 15 heavy (non-hydrogen) atoms. The van der Waals surface area contributed by atoms with Crippen LogP contribution in [0.1, 0.15) is 25.0 Å². The first-order valence-corrected chi connectivity index (χ1v) is 5.50. The molecule has 0 aromatic heterocycles. The standard InChI is InChI=1S/C13H20N2/c1-9-6-10(2)12-11(7-9)14-13(3,4)8-15(12)5/h6-7,14H,8H2,1-5H3. The van der Waals surface area contributed by atoms with E-state index in [1.54, 1.807) is 0 Å². The molecule has 2 nitrogen and oxygen atoms in total. The maximum Gasteiger partial charge on any atom is 0.0630 e. The van der Waals surface area contributed by atoms with Crippen LogP contribution in [0.25, 0.3) is 0 Å². The van der Waals surface area contributed by atoms with Gasteiger partial charge in [-0.05, 0) is 44.9 Å². The highest BCUT2D eigenvalue weighted by atomic mass is 15.2. The first kappa shape index (κ1) is 10.3. The summed E-state index contributed by atoms with van der Waals surface area (Å²) in [5.74, 6) is 0. The van der Waals surface area contributed by atoms with E-state index in [4.69, 9.17) is 0 Å². The van der Waals surface area contributed by atoms with Gasteiger partial charge in [0.25, 0.3) is 0 Å². The number of hydrogen-bond acceptors (Lipinski definition) is 2. The quantitative estimate of drug-likeness (QED) is 0.699. The van der Waals surface area contributed by atoms with Crippen LogP contribution in [0.4, 0.5) is 11.4 Å². The van der Waals surface area contributed by atoms with Crippen molar-refractivity contribution in [3.63, 3.8) is 0 Å². The van der Waals surface area contributed by atoms with Crippen LogP contribution in [0.5, 0.6) is 0 Å². The zero-order valence-corrected chi connectivity index (χ0v) is 10.3. The second kappa shape index (κ2) is 3.16. The minimum Gasteiger partial charge on any atom is -0.377 e. The Morgan fingerprint density at radius 2 is 1.93 bits per heavy atom. The molecule has 0 bridgehead atoms. The molecular weight excluding hydrogens is 184 g/mol. The summed E-state index contributed by atoms with van der Waals surface area (Å²) in [4.78, 5) is 2.35. The molecule has 0 fully saturated rings. The molecule has 1 N–H and O–H groups in total. The zero-order valence-electron chi connectivity index (χ0n) is 10.3. The fourth-order valence-corrected chi connectivity index (χ4v) is 2.64. The molecule has 0 atom stereocenters. The number of fused-ring (bicyclic) bond motifs is 1. The van der Waals surface area contributed by atoms with Gasteiger partial charge in [0, 0.05) is 19.1 Å². The molecule has 82 valence electrons. The molecule has 1 aromatic rings. The Labute approximate surface area is 92.3 Å². The number of benzene rings is 1. The Hall–Kier alpha value is -1.18. The number of aryl methyl sites for hydroxylation is 2. The Morgan fingerprint density at radius 1 is 1.27 bits per heavy atom. The Morgan fingerprint density at radius 3 is 2.60 bits per heavy atom. The fraction of sp³-hybridized carbons (Fsp3) is 0.538. The predicted octanol–water partition coefficient (Wildman–Crippen LogP) is 2.94. The SMILES string of the molecule is Cc1cc(C)c2c(c1)NC(C)(C)CN2C. The average molecular weight is 204 g/mol.